The fourth-order valence-corrected chi connectivity index (χ4v) is 7.49. The average Bonchev–Trinajstić information content (AvgIpc) is 3.57. The molecule has 0 saturated carbocycles. The minimum Gasteiger partial charge on any atom is -0.480 e. The van der Waals surface area contributed by atoms with E-state index in [1.54, 1.807) is 31.2 Å². The summed E-state index contributed by atoms with van der Waals surface area (Å²) in [6.45, 7) is 7.11. The van der Waals surface area contributed by atoms with Crippen molar-refractivity contribution in [2.75, 3.05) is 0 Å². The van der Waals surface area contributed by atoms with Gasteiger partial charge in [-0.3, -0.25) is 24.0 Å². The Morgan fingerprint density at radius 3 is 2.02 bits per heavy atom. The lowest BCUT2D eigenvalue weighted by molar-refractivity contribution is -0.189. The molecular formula is C42H50N4O13. The van der Waals surface area contributed by atoms with Crippen LogP contribution in [0.3, 0.4) is 0 Å². The van der Waals surface area contributed by atoms with Crippen LogP contribution in [-0.4, -0.2) is 73.5 Å². The summed E-state index contributed by atoms with van der Waals surface area (Å²) in [5.74, 6) is -5.85. The zero-order valence-corrected chi connectivity index (χ0v) is 33.6. The van der Waals surface area contributed by atoms with Gasteiger partial charge in [-0.1, -0.05) is 53.4 Å². The second-order valence-corrected chi connectivity index (χ2v) is 14.7. The topological polar surface area (TPSA) is 247 Å². The van der Waals surface area contributed by atoms with Crippen LogP contribution in [0, 0.1) is 0 Å². The molecule has 4 heterocycles. The van der Waals surface area contributed by atoms with Gasteiger partial charge in [0.15, 0.2) is 0 Å². The van der Waals surface area contributed by atoms with Crippen molar-refractivity contribution in [3.63, 3.8) is 0 Å². The fourth-order valence-electron chi connectivity index (χ4n) is 7.49. The van der Waals surface area contributed by atoms with Crippen molar-refractivity contribution >= 4 is 52.6 Å². The second kappa shape index (κ2) is 19.1. The smallest absolute Gasteiger partial charge is 0.355 e. The van der Waals surface area contributed by atoms with Crippen molar-refractivity contribution in [3.8, 4) is 17.1 Å². The summed E-state index contributed by atoms with van der Waals surface area (Å²) in [6, 6.07) is 4.33. The second-order valence-electron chi connectivity index (χ2n) is 14.7. The van der Waals surface area contributed by atoms with Crippen LogP contribution in [0.5, 0.6) is 5.75 Å². The highest BCUT2D eigenvalue weighted by Gasteiger charge is 2.50. The molecule has 0 bridgehead atoms. The van der Waals surface area contributed by atoms with E-state index < -0.39 is 71.3 Å². The molecule has 316 valence electrons. The highest BCUT2D eigenvalue weighted by Crippen LogP contribution is 2.42. The number of fused-ring (bicyclic) bond motifs is 5. The summed E-state index contributed by atoms with van der Waals surface area (Å²) in [5.41, 5.74) is 0.761. The van der Waals surface area contributed by atoms with E-state index in [1.807, 2.05) is 20.8 Å². The molecule has 2 unspecified atom stereocenters. The van der Waals surface area contributed by atoms with Gasteiger partial charge < -0.3 is 39.6 Å². The zero-order valence-electron chi connectivity index (χ0n) is 33.6. The monoisotopic (exact) mass is 818 g/mol. The number of benzene rings is 1. The zero-order chi connectivity index (χ0) is 43.0. The lowest BCUT2D eigenvalue weighted by Gasteiger charge is -2.35. The van der Waals surface area contributed by atoms with Crippen LogP contribution in [0.1, 0.15) is 121 Å². The van der Waals surface area contributed by atoms with Crippen LogP contribution < -0.4 is 20.9 Å². The average molecular weight is 819 g/mol. The predicted molar refractivity (Wildman–Crippen MR) is 210 cm³/mol. The maximum atomic E-state index is 14.1. The largest absolute Gasteiger partial charge is 0.480 e. The molecule has 2 aliphatic heterocycles. The molecule has 0 aliphatic carbocycles. The Morgan fingerprint density at radius 1 is 0.847 bits per heavy atom. The van der Waals surface area contributed by atoms with Crippen LogP contribution in [0.2, 0.25) is 0 Å². The first kappa shape index (κ1) is 44.0. The maximum Gasteiger partial charge on any atom is 0.355 e. The number of carbonyl (C=O) groups is 7. The summed E-state index contributed by atoms with van der Waals surface area (Å²) in [6.07, 6.45) is 2.25. The summed E-state index contributed by atoms with van der Waals surface area (Å²) in [5, 5.41) is 24.4. The number of nitrogens with one attached hydrogen (secondary N) is 2. The molecule has 2 amide bonds. The van der Waals surface area contributed by atoms with Gasteiger partial charge in [0, 0.05) is 29.4 Å². The number of ether oxygens (including phenoxy) is 3. The number of carboxylic acids is 2. The normalized spacial score (nSPS) is 16.2. The van der Waals surface area contributed by atoms with Crippen LogP contribution in [0.25, 0.3) is 22.3 Å². The number of carboxylic acid groups (broad SMARTS) is 2. The summed E-state index contributed by atoms with van der Waals surface area (Å²) < 4.78 is 18.3. The third-order valence-electron chi connectivity index (χ3n) is 10.7. The summed E-state index contributed by atoms with van der Waals surface area (Å²) >= 11 is 0. The van der Waals surface area contributed by atoms with Gasteiger partial charge in [0.25, 0.3) is 5.56 Å². The molecule has 3 atom stereocenters. The number of esters is 3. The third kappa shape index (κ3) is 9.61. The lowest BCUT2D eigenvalue weighted by atomic mass is 9.85. The first-order chi connectivity index (χ1) is 28.2. The van der Waals surface area contributed by atoms with Crippen molar-refractivity contribution < 1.29 is 58.0 Å². The molecule has 0 fully saturated rings. The minimum absolute atomic E-state index is 0.0933. The maximum absolute atomic E-state index is 14.1. The van der Waals surface area contributed by atoms with E-state index >= 15 is 0 Å². The molecule has 4 N–H and O–H groups in total. The number of hydrogen-bond donors (Lipinski definition) is 4. The van der Waals surface area contributed by atoms with Gasteiger partial charge >= 0.3 is 29.8 Å². The number of aromatic nitrogens is 2. The highest BCUT2D eigenvalue weighted by atomic mass is 16.6. The molecular weight excluding hydrogens is 768 g/mol. The molecule has 59 heavy (non-hydrogen) atoms. The van der Waals surface area contributed by atoms with Crippen LogP contribution in [0.4, 0.5) is 0 Å². The fraction of sp³-hybridized carbons (Fsp3) is 0.500. The number of pyridine rings is 2. The van der Waals surface area contributed by atoms with Crippen molar-refractivity contribution in [3.05, 3.63) is 56.9 Å². The van der Waals surface area contributed by atoms with E-state index in [-0.39, 0.29) is 68.6 Å². The first-order valence-electron chi connectivity index (χ1n) is 20.0. The SMILES string of the molecule is CCCCC(NC(=O)CCC(=O)Oc1ccc2nc3c(c(CC)c2c1)Cn1c-3cc2c(c1=O)COC(=O)[C@@]2(CC)OC(=O)CCC(=O)NC(CCCC)C(=O)O)C(=O)O. The van der Waals surface area contributed by atoms with Crippen molar-refractivity contribution in [2.24, 2.45) is 0 Å². The molecule has 5 rings (SSSR count). The van der Waals surface area contributed by atoms with E-state index in [0.29, 0.717) is 41.6 Å². The molecule has 0 radical (unpaired) electrons. The number of unbranched alkanes of at least 4 members (excludes halogenated alkanes) is 2. The van der Waals surface area contributed by atoms with E-state index in [1.165, 1.54) is 4.57 Å². The number of rotatable bonds is 20. The molecule has 2 aromatic heterocycles. The van der Waals surface area contributed by atoms with Crippen molar-refractivity contribution in [1.29, 1.82) is 0 Å². The van der Waals surface area contributed by atoms with E-state index in [9.17, 15) is 48.6 Å². The number of aliphatic carboxylic acids is 2. The number of hydrogen-bond acceptors (Lipinski definition) is 12. The van der Waals surface area contributed by atoms with E-state index in [2.05, 4.69) is 10.6 Å². The van der Waals surface area contributed by atoms with Gasteiger partial charge in [0.1, 0.15) is 24.4 Å². The van der Waals surface area contributed by atoms with Crippen molar-refractivity contribution in [2.45, 2.75) is 136 Å². The Hall–Kier alpha value is -6.13. The van der Waals surface area contributed by atoms with E-state index in [0.717, 1.165) is 24.0 Å². The molecule has 2 aliphatic rings. The van der Waals surface area contributed by atoms with Gasteiger partial charge in [-0.15, -0.1) is 0 Å². The molecule has 0 spiro atoms. The number of amides is 2. The quantitative estimate of drug-likeness (QED) is 0.0722. The van der Waals surface area contributed by atoms with E-state index in [4.69, 9.17) is 19.2 Å². The standard InChI is InChI=1S/C42H50N4O13/c1-5-9-11-30(39(52)53)43-33(47)15-17-35(49)58-23-13-14-29-25(19-23)24(7-3)26-21-46-32(37(26)45-29)20-28-27(38(46)51)22-57-41(56)42(28,8-4)59-36(50)18-16-34(48)44-31(40(54)55)12-10-6-2/h13-14,19-20,30-31H,5-12,15-18,21-22H2,1-4H3,(H,43,47)(H,44,48)(H,52,53)(H,54,55)/t30?,31?,42-/m0/s1. The third-order valence-corrected chi connectivity index (χ3v) is 10.7. The molecule has 3 aromatic rings. The van der Waals surface area contributed by atoms with Gasteiger partial charge in [-0.05, 0) is 55.5 Å². The van der Waals surface area contributed by atoms with Gasteiger partial charge in [0.2, 0.25) is 17.4 Å². The summed E-state index contributed by atoms with van der Waals surface area (Å²) in [4.78, 5) is 106. The Kier molecular flexibility index (Phi) is 14.2. The van der Waals surface area contributed by atoms with Crippen LogP contribution in [-0.2, 0) is 68.2 Å². The number of carbonyl (C=O) groups excluding carboxylic acids is 5. The first-order valence-corrected chi connectivity index (χ1v) is 20.0. The van der Waals surface area contributed by atoms with Gasteiger partial charge in [0.05, 0.1) is 41.9 Å². The number of cyclic esters (lactones) is 1. The Labute approximate surface area is 339 Å². The lowest BCUT2D eigenvalue weighted by Crippen LogP contribution is -2.47. The number of aryl methyl sites for hydroxylation is 1. The van der Waals surface area contributed by atoms with Gasteiger partial charge in [-0.25, -0.2) is 19.4 Å². The molecule has 1 aromatic carbocycles. The molecule has 0 saturated heterocycles. The summed E-state index contributed by atoms with van der Waals surface area (Å²) in [7, 11) is 0. The van der Waals surface area contributed by atoms with Crippen molar-refractivity contribution in [1.82, 2.24) is 20.2 Å². The Morgan fingerprint density at radius 2 is 1.46 bits per heavy atom. The Balaban J connectivity index is 1.37. The van der Waals surface area contributed by atoms with Crippen LogP contribution in [0.15, 0.2) is 29.1 Å². The van der Waals surface area contributed by atoms with Crippen LogP contribution >= 0.6 is 0 Å². The van der Waals surface area contributed by atoms with Gasteiger partial charge in [-0.2, -0.15) is 0 Å². The molecule has 17 nitrogen and oxygen atoms in total. The number of nitrogens with zero attached hydrogens (tertiary/aromatic N) is 2. The highest BCUT2D eigenvalue weighted by molar-refractivity contribution is 5.92. The predicted octanol–water partition coefficient (Wildman–Crippen LogP) is 4.18. The Bertz CT molecular complexity index is 2230. The minimum atomic E-state index is -2.00. The molecule has 17 heteroatoms.